The third kappa shape index (κ3) is 2.32. The van der Waals surface area contributed by atoms with Crippen molar-refractivity contribution >= 4 is 5.91 Å². The van der Waals surface area contributed by atoms with Crippen LogP contribution < -0.4 is 5.32 Å². The Balaban J connectivity index is 1.90. The average molecular weight is 211 g/mol. The number of hydrogen-bond donors (Lipinski definition) is 1. The summed E-state index contributed by atoms with van der Waals surface area (Å²) in [6.45, 7) is 7.85. The van der Waals surface area contributed by atoms with Crippen molar-refractivity contribution in [2.75, 3.05) is 46.3 Å². The molecule has 2 fully saturated rings. The van der Waals surface area contributed by atoms with Crippen LogP contribution in [0, 0.1) is 11.8 Å². The molecule has 0 saturated carbocycles. The Morgan fingerprint density at radius 3 is 2.40 bits per heavy atom. The van der Waals surface area contributed by atoms with Gasteiger partial charge < -0.3 is 15.1 Å². The quantitative estimate of drug-likeness (QED) is 0.642. The van der Waals surface area contributed by atoms with E-state index in [4.69, 9.17) is 0 Å². The summed E-state index contributed by atoms with van der Waals surface area (Å²) in [5.74, 6) is 1.08. The van der Waals surface area contributed by atoms with Crippen molar-refractivity contribution in [3.63, 3.8) is 0 Å². The first-order valence-corrected chi connectivity index (χ1v) is 5.86. The highest BCUT2D eigenvalue weighted by Crippen LogP contribution is 2.19. The van der Waals surface area contributed by atoms with Gasteiger partial charge in [0.05, 0.1) is 5.92 Å². The standard InChI is InChI=1S/C11H21N3O/c1-9-7-12-8-10(9)11(15)14-5-3-13(2)4-6-14/h9-10,12H,3-8H2,1-2H3/t9-,10-/m1/s1. The Morgan fingerprint density at radius 1 is 1.20 bits per heavy atom. The first-order chi connectivity index (χ1) is 7.18. The van der Waals surface area contributed by atoms with E-state index in [0.29, 0.717) is 11.8 Å². The smallest absolute Gasteiger partial charge is 0.227 e. The second-order valence-corrected chi connectivity index (χ2v) is 4.87. The zero-order valence-electron chi connectivity index (χ0n) is 9.70. The van der Waals surface area contributed by atoms with Crippen molar-refractivity contribution < 1.29 is 4.79 Å². The molecule has 0 aromatic heterocycles. The number of nitrogens with one attached hydrogen (secondary N) is 1. The van der Waals surface area contributed by atoms with Gasteiger partial charge in [-0.1, -0.05) is 6.92 Å². The Hall–Kier alpha value is -0.610. The van der Waals surface area contributed by atoms with Crippen molar-refractivity contribution in [3.05, 3.63) is 0 Å². The first kappa shape index (κ1) is 10.9. The molecule has 0 spiro atoms. The van der Waals surface area contributed by atoms with E-state index in [1.54, 1.807) is 0 Å². The van der Waals surface area contributed by atoms with Crippen LogP contribution in [0.5, 0.6) is 0 Å². The van der Waals surface area contributed by atoms with Crippen molar-refractivity contribution in [1.29, 1.82) is 0 Å². The minimum atomic E-state index is 0.216. The minimum absolute atomic E-state index is 0.216. The van der Waals surface area contributed by atoms with E-state index in [1.807, 2.05) is 4.90 Å². The molecule has 2 aliphatic rings. The fourth-order valence-electron chi connectivity index (χ4n) is 2.40. The molecule has 4 nitrogen and oxygen atoms in total. The van der Waals surface area contributed by atoms with E-state index in [0.717, 1.165) is 39.3 Å². The number of carbonyl (C=O) groups is 1. The van der Waals surface area contributed by atoms with Gasteiger partial charge in [-0.05, 0) is 19.5 Å². The monoisotopic (exact) mass is 211 g/mol. The van der Waals surface area contributed by atoms with Crippen molar-refractivity contribution in [2.24, 2.45) is 11.8 Å². The molecular formula is C11H21N3O. The van der Waals surface area contributed by atoms with E-state index in [9.17, 15) is 4.79 Å². The van der Waals surface area contributed by atoms with Gasteiger partial charge in [0.15, 0.2) is 0 Å². The van der Waals surface area contributed by atoms with Crippen LogP contribution in [-0.2, 0) is 4.79 Å². The molecule has 4 heteroatoms. The Kier molecular flexibility index (Phi) is 3.26. The summed E-state index contributed by atoms with van der Waals surface area (Å²) < 4.78 is 0. The fraction of sp³-hybridized carbons (Fsp3) is 0.909. The van der Waals surface area contributed by atoms with Gasteiger partial charge in [0, 0.05) is 32.7 Å². The van der Waals surface area contributed by atoms with Gasteiger partial charge in [0.2, 0.25) is 5.91 Å². The topological polar surface area (TPSA) is 35.6 Å². The molecule has 2 aliphatic heterocycles. The molecule has 15 heavy (non-hydrogen) atoms. The van der Waals surface area contributed by atoms with Gasteiger partial charge in [-0.3, -0.25) is 4.79 Å². The number of nitrogens with zero attached hydrogens (tertiary/aromatic N) is 2. The van der Waals surface area contributed by atoms with Crippen molar-refractivity contribution in [2.45, 2.75) is 6.92 Å². The summed E-state index contributed by atoms with van der Waals surface area (Å²) >= 11 is 0. The van der Waals surface area contributed by atoms with E-state index in [1.165, 1.54) is 0 Å². The minimum Gasteiger partial charge on any atom is -0.340 e. The number of piperazine rings is 1. The number of carbonyl (C=O) groups excluding carboxylic acids is 1. The maximum absolute atomic E-state index is 12.2. The molecule has 1 amide bonds. The van der Waals surface area contributed by atoms with Gasteiger partial charge in [0.25, 0.3) is 0 Å². The van der Waals surface area contributed by atoms with Crippen LogP contribution in [0.3, 0.4) is 0 Å². The maximum Gasteiger partial charge on any atom is 0.227 e. The van der Waals surface area contributed by atoms with Crippen LogP contribution in [-0.4, -0.2) is 62.0 Å². The molecule has 0 bridgehead atoms. The molecular weight excluding hydrogens is 190 g/mol. The normalized spacial score (nSPS) is 33.3. The Labute approximate surface area is 91.6 Å². The molecule has 2 rings (SSSR count). The fourth-order valence-corrected chi connectivity index (χ4v) is 2.40. The van der Waals surface area contributed by atoms with Gasteiger partial charge in [-0.25, -0.2) is 0 Å². The summed E-state index contributed by atoms with van der Waals surface area (Å²) in [6.07, 6.45) is 0. The second-order valence-electron chi connectivity index (χ2n) is 4.87. The van der Waals surface area contributed by atoms with E-state index >= 15 is 0 Å². The Morgan fingerprint density at radius 2 is 1.87 bits per heavy atom. The molecule has 0 unspecified atom stereocenters. The van der Waals surface area contributed by atoms with Crippen LogP contribution in [0.2, 0.25) is 0 Å². The summed E-state index contributed by atoms with van der Waals surface area (Å²) in [7, 11) is 2.11. The van der Waals surface area contributed by atoms with E-state index in [-0.39, 0.29) is 5.92 Å². The Bertz CT molecular complexity index is 236. The highest BCUT2D eigenvalue weighted by atomic mass is 16.2. The summed E-state index contributed by atoms with van der Waals surface area (Å²) in [6, 6.07) is 0. The lowest BCUT2D eigenvalue weighted by atomic mass is 9.96. The predicted octanol–water partition coefficient (Wildman–Crippen LogP) is -0.384. The first-order valence-electron chi connectivity index (χ1n) is 5.86. The summed E-state index contributed by atoms with van der Waals surface area (Å²) in [5, 5.41) is 3.29. The number of amides is 1. The summed E-state index contributed by atoms with van der Waals surface area (Å²) in [4.78, 5) is 16.5. The van der Waals surface area contributed by atoms with Crippen LogP contribution in [0.1, 0.15) is 6.92 Å². The summed E-state index contributed by atoms with van der Waals surface area (Å²) in [5.41, 5.74) is 0. The highest BCUT2D eigenvalue weighted by molar-refractivity contribution is 5.79. The number of likely N-dealkylation sites (N-methyl/N-ethyl adjacent to an activating group) is 1. The lowest BCUT2D eigenvalue weighted by molar-refractivity contribution is -0.137. The third-order valence-corrected chi connectivity index (χ3v) is 3.65. The third-order valence-electron chi connectivity index (χ3n) is 3.65. The van der Waals surface area contributed by atoms with Crippen LogP contribution in [0.25, 0.3) is 0 Å². The average Bonchev–Trinajstić information content (AvgIpc) is 2.65. The molecule has 0 aromatic carbocycles. The zero-order valence-corrected chi connectivity index (χ0v) is 9.70. The molecule has 86 valence electrons. The van der Waals surface area contributed by atoms with Crippen molar-refractivity contribution in [1.82, 2.24) is 15.1 Å². The largest absolute Gasteiger partial charge is 0.340 e. The molecule has 2 heterocycles. The van der Waals surface area contributed by atoms with Crippen LogP contribution in [0.15, 0.2) is 0 Å². The van der Waals surface area contributed by atoms with Crippen LogP contribution >= 0.6 is 0 Å². The van der Waals surface area contributed by atoms with Crippen LogP contribution in [0.4, 0.5) is 0 Å². The molecule has 1 N–H and O–H groups in total. The second kappa shape index (κ2) is 4.49. The SMILES string of the molecule is C[C@@H]1CNC[C@H]1C(=O)N1CCN(C)CC1. The molecule has 2 atom stereocenters. The zero-order chi connectivity index (χ0) is 10.8. The van der Waals surface area contributed by atoms with Gasteiger partial charge in [-0.2, -0.15) is 0 Å². The molecule has 0 aromatic rings. The predicted molar refractivity (Wildman–Crippen MR) is 59.6 cm³/mol. The van der Waals surface area contributed by atoms with Gasteiger partial charge in [-0.15, -0.1) is 0 Å². The molecule has 2 saturated heterocycles. The van der Waals surface area contributed by atoms with Gasteiger partial charge >= 0.3 is 0 Å². The van der Waals surface area contributed by atoms with E-state index in [2.05, 4.69) is 24.2 Å². The highest BCUT2D eigenvalue weighted by Gasteiger charge is 2.33. The lowest BCUT2D eigenvalue weighted by Gasteiger charge is -2.34. The van der Waals surface area contributed by atoms with Gasteiger partial charge in [0.1, 0.15) is 0 Å². The van der Waals surface area contributed by atoms with Crippen molar-refractivity contribution in [3.8, 4) is 0 Å². The van der Waals surface area contributed by atoms with E-state index < -0.39 is 0 Å². The molecule has 0 aliphatic carbocycles. The lowest BCUT2D eigenvalue weighted by Crippen LogP contribution is -2.49. The number of rotatable bonds is 1. The molecule has 0 radical (unpaired) electrons. The number of hydrogen-bond acceptors (Lipinski definition) is 3. The maximum atomic E-state index is 12.2.